The Labute approximate surface area is 210 Å². The number of carbonyl (C=O) groups is 2. The lowest BCUT2D eigenvalue weighted by atomic mass is 10.0. The van der Waals surface area contributed by atoms with E-state index in [0.717, 1.165) is 23.1 Å². The Kier molecular flexibility index (Phi) is 7.29. The van der Waals surface area contributed by atoms with Gasteiger partial charge in [-0.25, -0.2) is 4.98 Å². The van der Waals surface area contributed by atoms with Crippen LogP contribution in [0.15, 0.2) is 65.5 Å². The van der Waals surface area contributed by atoms with Crippen molar-refractivity contribution in [1.82, 2.24) is 9.55 Å². The zero-order chi connectivity index (χ0) is 25.8. The molecule has 7 nitrogen and oxygen atoms in total. The van der Waals surface area contributed by atoms with Crippen molar-refractivity contribution in [2.24, 2.45) is 0 Å². The van der Waals surface area contributed by atoms with Crippen LogP contribution in [0.3, 0.4) is 0 Å². The molecule has 2 amide bonds. The molecule has 0 spiro atoms. The third-order valence-electron chi connectivity index (χ3n) is 6.00. The molecule has 1 aromatic heterocycles. The molecule has 0 bridgehead atoms. The standard InChI is InChI=1S/C29H30N4O3/c1-5-20-11-12-23(31-26(34)6-2)22(16-20)28-29(36)33(25-10-8-7-9-24(25)32-28)17-27(35)30-21-14-18(3)13-19(4)15-21/h7-16H,5-6,17H2,1-4H3,(H,30,35)(H,31,34). The van der Waals surface area contributed by atoms with Crippen LogP contribution in [0.2, 0.25) is 0 Å². The topological polar surface area (TPSA) is 93.1 Å². The predicted octanol–water partition coefficient (Wildman–Crippen LogP) is 5.23. The van der Waals surface area contributed by atoms with Crippen molar-refractivity contribution in [2.45, 2.75) is 47.1 Å². The van der Waals surface area contributed by atoms with Crippen LogP contribution in [0.1, 0.15) is 37.0 Å². The maximum Gasteiger partial charge on any atom is 0.278 e. The number of carbonyl (C=O) groups excluding carboxylic acids is 2. The minimum absolute atomic E-state index is 0.158. The van der Waals surface area contributed by atoms with Crippen molar-refractivity contribution in [3.05, 3.63) is 87.7 Å². The summed E-state index contributed by atoms with van der Waals surface area (Å²) >= 11 is 0. The first-order valence-corrected chi connectivity index (χ1v) is 12.1. The SMILES string of the molecule is CCC(=O)Nc1ccc(CC)cc1-c1nc2ccccc2n(CC(=O)Nc2cc(C)cc(C)c2)c1=O. The monoisotopic (exact) mass is 482 g/mol. The van der Waals surface area contributed by atoms with Gasteiger partial charge < -0.3 is 10.6 Å². The lowest BCUT2D eigenvalue weighted by Gasteiger charge is -2.16. The predicted molar refractivity (Wildman–Crippen MR) is 144 cm³/mol. The fourth-order valence-corrected chi connectivity index (χ4v) is 4.27. The summed E-state index contributed by atoms with van der Waals surface area (Å²) < 4.78 is 1.44. The van der Waals surface area contributed by atoms with Gasteiger partial charge in [-0.2, -0.15) is 0 Å². The molecular formula is C29H30N4O3. The van der Waals surface area contributed by atoms with Gasteiger partial charge in [0.2, 0.25) is 11.8 Å². The molecule has 0 aliphatic heterocycles. The number of nitrogens with zero attached hydrogens (tertiary/aromatic N) is 2. The van der Waals surface area contributed by atoms with Gasteiger partial charge in [0.15, 0.2) is 0 Å². The number of benzene rings is 3. The Hall–Kier alpha value is -4.26. The quantitative estimate of drug-likeness (QED) is 0.377. The molecule has 2 N–H and O–H groups in total. The van der Waals surface area contributed by atoms with Gasteiger partial charge >= 0.3 is 0 Å². The van der Waals surface area contributed by atoms with Crippen LogP contribution in [0.4, 0.5) is 11.4 Å². The maximum absolute atomic E-state index is 13.8. The van der Waals surface area contributed by atoms with Gasteiger partial charge in [-0.15, -0.1) is 0 Å². The third-order valence-corrected chi connectivity index (χ3v) is 6.00. The van der Waals surface area contributed by atoms with E-state index < -0.39 is 5.56 Å². The number of fused-ring (bicyclic) bond motifs is 1. The van der Waals surface area contributed by atoms with E-state index in [9.17, 15) is 14.4 Å². The first kappa shape index (κ1) is 24.9. The zero-order valence-electron chi connectivity index (χ0n) is 21.0. The van der Waals surface area contributed by atoms with E-state index in [0.29, 0.717) is 34.4 Å². The lowest BCUT2D eigenvalue weighted by Crippen LogP contribution is -2.30. The number of aryl methyl sites for hydroxylation is 3. The van der Waals surface area contributed by atoms with Gasteiger partial charge in [0.05, 0.1) is 16.7 Å². The maximum atomic E-state index is 13.8. The molecule has 0 unspecified atom stereocenters. The van der Waals surface area contributed by atoms with Gasteiger partial charge in [0.25, 0.3) is 5.56 Å². The number of rotatable bonds is 7. The molecule has 0 saturated carbocycles. The van der Waals surface area contributed by atoms with Gasteiger partial charge in [-0.05, 0) is 73.4 Å². The molecule has 7 heteroatoms. The molecule has 0 atom stereocenters. The average molecular weight is 483 g/mol. The Morgan fingerprint density at radius 2 is 1.61 bits per heavy atom. The van der Waals surface area contributed by atoms with Gasteiger partial charge in [0.1, 0.15) is 12.2 Å². The van der Waals surface area contributed by atoms with Crippen molar-refractivity contribution in [3.63, 3.8) is 0 Å². The summed E-state index contributed by atoms with van der Waals surface area (Å²) in [5, 5.41) is 5.79. The molecule has 3 aromatic carbocycles. The molecule has 0 aliphatic carbocycles. The highest BCUT2D eigenvalue weighted by Gasteiger charge is 2.19. The molecule has 4 aromatic rings. The molecule has 0 fully saturated rings. The summed E-state index contributed by atoms with van der Waals surface area (Å²) in [6, 6.07) is 18.7. The Bertz CT molecular complexity index is 1500. The van der Waals surface area contributed by atoms with Crippen LogP contribution in [0, 0.1) is 13.8 Å². The van der Waals surface area contributed by atoms with Crippen LogP contribution >= 0.6 is 0 Å². The number of hydrogen-bond acceptors (Lipinski definition) is 4. The summed E-state index contributed by atoms with van der Waals surface area (Å²) in [6.45, 7) is 7.55. The average Bonchev–Trinajstić information content (AvgIpc) is 2.85. The summed E-state index contributed by atoms with van der Waals surface area (Å²) in [7, 11) is 0. The summed E-state index contributed by atoms with van der Waals surface area (Å²) in [5.74, 6) is -0.472. The van der Waals surface area contributed by atoms with E-state index in [1.807, 2.05) is 69.3 Å². The molecule has 0 saturated heterocycles. The number of anilines is 2. The first-order chi connectivity index (χ1) is 17.3. The summed E-state index contributed by atoms with van der Waals surface area (Å²) in [4.78, 5) is 43.7. The van der Waals surface area contributed by atoms with E-state index in [1.165, 1.54) is 4.57 Å². The molecule has 1 heterocycles. The molecule has 4 rings (SSSR count). The first-order valence-electron chi connectivity index (χ1n) is 12.1. The molecule has 184 valence electrons. The minimum Gasteiger partial charge on any atom is -0.325 e. The van der Waals surface area contributed by atoms with E-state index in [-0.39, 0.29) is 24.1 Å². The minimum atomic E-state index is -0.399. The van der Waals surface area contributed by atoms with Crippen LogP contribution in [0.5, 0.6) is 0 Å². The van der Waals surface area contributed by atoms with Crippen LogP contribution in [-0.4, -0.2) is 21.4 Å². The van der Waals surface area contributed by atoms with Crippen LogP contribution in [0.25, 0.3) is 22.3 Å². The smallest absolute Gasteiger partial charge is 0.278 e. The van der Waals surface area contributed by atoms with E-state index in [1.54, 1.807) is 19.1 Å². The molecule has 36 heavy (non-hydrogen) atoms. The Morgan fingerprint density at radius 3 is 2.31 bits per heavy atom. The molecule has 0 radical (unpaired) electrons. The van der Waals surface area contributed by atoms with Crippen molar-refractivity contribution >= 4 is 34.2 Å². The third kappa shape index (κ3) is 5.35. The van der Waals surface area contributed by atoms with Gasteiger partial charge in [-0.3, -0.25) is 19.0 Å². The number of para-hydroxylation sites is 2. The Morgan fingerprint density at radius 1 is 0.889 bits per heavy atom. The fourth-order valence-electron chi connectivity index (χ4n) is 4.27. The van der Waals surface area contributed by atoms with E-state index in [2.05, 4.69) is 15.6 Å². The number of nitrogens with one attached hydrogen (secondary N) is 2. The summed E-state index contributed by atoms with van der Waals surface area (Å²) in [5.41, 5.74) is 5.76. The number of hydrogen-bond donors (Lipinski definition) is 2. The largest absolute Gasteiger partial charge is 0.325 e. The van der Waals surface area contributed by atoms with Gasteiger partial charge in [0, 0.05) is 17.7 Å². The lowest BCUT2D eigenvalue weighted by molar-refractivity contribution is -0.117. The van der Waals surface area contributed by atoms with Gasteiger partial charge in [-0.1, -0.05) is 38.1 Å². The summed E-state index contributed by atoms with van der Waals surface area (Å²) in [6.07, 6.45) is 1.07. The van der Waals surface area contributed by atoms with Crippen molar-refractivity contribution < 1.29 is 9.59 Å². The zero-order valence-corrected chi connectivity index (χ0v) is 21.0. The molecule has 0 aliphatic rings. The highest BCUT2D eigenvalue weighted by atomic mass is 16.2. The highest BCUT2D eigenvalue weighted by molar-refractivity contribution is 5.96. The Balaban J connectivity index is 1.82. The van der Waals surface area contributed by atoms with E-state index in [4.69, 9.17) is 0 Å². The van der Waals surface area contributed by atoms with Crippen molar-refractivity contribution in [3.8, 4) is 11.3 Å². The second kappa shape index (κ2) is 10.6. The van der Waals surface area contributed by atoms with Crippen LogP contribution < -0.4 is 16.2 Å². The second-order valence-corrected chi connectivity index (χ2v) is 8.90. The molecular weight excluding hydrogens is 452 g/mol. The normalized spacial score (nSPS) is 10.9. The van der Waals surface area contributed by atoms with Crippen molar-refractivity contribution in [1.29, 1.82) is 0 Å². The van der Waals surface area contributed by atoms with Crippen molar-refractivity contribution in [2.75, 3.05) is 10.6 Å². The van der Waals surface area contributed by atoms with Crippen LogP contribution in [-0.2, 0) is 22.6 Å². The highest BCUT2D eigenvalue weighted by Crippen LogP contribution is 2.28. The van der Waals surface area contributed by atoms with E-state index >= 15 is 0 Å². The second-order valence-electron chi connectivity index (χ2n) is 8.90. The number of amides is 2. The fraction of sp³-hybridized carbons (Fsp3) is 0.241. The number of aromatic nitrogens is 2.